The summed E-state index contributed by atoms with van der Waals surface area (Å²) >= 11 is 0. The molecule has 2 rings (SSSR count). The van der Waals surface area contributed by atoms with E-state index in [9.17, 15) is 4.79 Å². The first-order valence-corrected chi connectivity index (χ1v) is 5.42. The van der Waals surface area contributed by atoms with E-state index in [1.54, 1.807) is 29.9 Å². The lowest BCUT2D eigenvalue weighted by Crippen LogP contribution is -2.30. The molecule has 17 heavy (non-hydrogen) atoms. The first-order chi connectivity index (χ1) is 8.08. The smallest absolute Gasteiger partial charge is 0.348 e. The normalized spacial score (nSPS) is 12.6. The number of rotatable bonds is 3. The van der Waals surface area contributed by atoms with E-state index in [0.29, 0.717) is 12.3 Å². The Balaban J connectivity index is 2.28. The van der Waals surface area contributed by atoms with E-state index < -0.39 is 0 Å². The fourth-order valence-corrected chi connectivity index (χ4v) is 1.79. The predicted molar refractivity (Wildman–Crippen MR) is 63.6 cm³/mol. The van der Waals surface area contributed by atoms with E-state index >= 15 is 0 Å². The number of hydrogen-bond acceptors (Lipinski definition) is 4. The SMILES string of the molecule is Cc1cc(C)n(CC(N)c2ccco2)c(=O)n1. The van der Waals surface area contributed by atoms with E-state index in [2.05, 4.69) is 4.98 Å². The quantitative estimate of drug-likeness (QED) is 0.863. The second-order valence-corrected chi connectivity index (χ2v) is 4.05. The van der Waals surface area contributed by atoms with E-state index in [4.69, 9.17) is 10.2 Å². The second kappa shape index (κ2) is 4.55. The summed E-state index contributed by atoms with van der Waals surface area (Å²) in [5, 5.41) is 0. The molecule has 2 aromatic rings. The predicted octanol–water partition coefficient (Wildman–Crippen LogP) is 1.15. The van der Waals surface area contributed by atoms with Crippen LogP contribution in [-0.2, 0) is 6.54 Å². The summed E-state index contributed by atoms with van der Waals surface area (Å²) in [5.41, 5.74) is 7.26. The molecule has 0 aliphatic rings. The maximum absolute atomic E-state index is 11.7. The molecule has 0 amide bonds. The standard InChI is InChI=1S/C12H15N3O2/c1-8-6-9(2)15(12(16)14-8)7-10(13)11-4-3-5-17-11/h3-6,10H,7,13H2,1-2H3. The molecule has 1 unspecified atom stereocenters. The Morgan fingerprint density at radius 2 is 2.29 bits per heavy atom. The van der Waals surface area contributed by atoms with Crippen molar-refractivity contribution in [1.29, 1.82) is 0 Å². The van der Waals surface area contributed by atoms with Crippen molar-refractivity contribution >= 4 is 0 Å². The van der Waals surface area contributed by atoms with Crippen molar-refractivity contribution in [2.75, 3.05) is 0 Å². The minimum atomic E-state index is -0.342. The third-order valence-corrected chi connectivity index (χ3v) is 2.63. The molecule has 5 nitrogen and oxygen atoms in total. The molecule has 0 saturated carbocycles. The Morgan fingerprint density at radius 1 is 1.53 bits per heavy atom. The van der Waals surface area contributed by atoms with Gasteiger partial charge in [0.2, 0.25) is 0 Å². The highest BCUT2D eigenvalue weighted by atomic mass is 16.3. The van der Waals surface area contributed by atoms with Crippen LogP contribution in [0.25, 0.3) is 0 Å². The maximum atomic E-state index is 11.7. The van der Waals surface area contributed by atoms with Crippen LogP contribution in [0.5, 0.6) is 0 Å². The van der Waals surface area contributed by atoms with E-state index in [-0.39, 0.29) is 11.7 Å². The molecule has 0 aromatic carbocycles. The lowest BCUT2D eigenvalue weighted by Gasteiger charge is -2.13. The summed E-state index contributed by atoms with van der Waals surface area (Å²) < 4.78 is 6.77. The van der Waals surface area contributed by atoms with Crippen LogP contribution in [0, 0.1) is 13.8 Å². The van der Waals surface area contributed by atoms with Gasteiger partial charge in [0, 0.05) is 17.9 Å². The van der Waals surface area contributed by atoms with Gasteiger partial charge >= 0.3 is 5.69 Å². The summed E-state index contributed by atoms with van der Waals surface area (Å²) in [4.78, 5) is 15.6. The van der Waals surface area contributed by atoms with Crippen LogP contribution in [0.15, 0.2) is 33.7 Å². The van der Waals surface area contributed by atoms with Gasteiger partial charge in [-0.05, 0) is 32.0 Å². The molecule has 0 aliphatic heterocycles. The van der Waals surface area contributed by atoms with Crippen molar-refractivity contribution in [2.45, 2.75) is 26.4 Å². The van der Waals surface area contributed by atoms with Gasteiger partial charge in [0.25, 0.3) is 0 Å². The topological polar surface area (TPSA) is 74.1 Å². The Hall–Kier alpha value is -1.88. The number of hydrogen-bond donors (Lipinski definition) is 1. The Kier molecular flexibility index (Phi) is 3.10. The molecular weight excluding hydrogens is 218 g/mol. The van der Waals surface area contributed by atoms with Crippen LogP contribution in [0.1, 0.15) is 23.2 Å². The first-order valence-electron chi connectivity index (χ1n) is 5.42. The van der Waals surface area contributed by atoms with E-state index in [0.717, 1.165) is 11.4 Å². The highest BCUT2D eigenvalue weighted by Gasteiger charge is 2.12. The molecule has 2 aromatic heterocycles. The van der Waals surface area contributed by atoms with Crippen LogP contribution in [0.3, 0.4) is 0 Å². The van der Waals surface area contributed by atoms with Crippen LogP contribution in [-0.4, -0.2) is 9.55 Å². The van der Waals surface area contributed by atoms with Crippen molar-refractivity contribution in [3.63, 3.8) is 0 Å². The minimum absolute atomic E-state index is 0.274. The summed E-state index contributed by atoms with van der Waals surface area (Å²) in [6.07, 6.45) is 1.57. The van der Waals surface area contributed by atoms with E-state index in [1.165, 1.54) is 0 Å². The molecule has 90 valence electrons. The van der Waals surface area contributed by atoms with Gasteiger partial charge in [0.05, 0.1) is 12.3 Å². The lowest BCUT2D eigenvalue weighted by molar-refractivity contribution is 0.425. The van der Waals surface area contributed by atoms with Gasteiger partial charge in [0.1, 0.15) is 5.76 Å². The van der Waals surface area contributed by atoms with Crippen LogP contribution >= 0.6 is 0 Å². The van der Waals surface area contributed by atoms with Crippen LogP contribution in [0.2, 0.25) is 0 Å². The Bertz CT molecular complexity index is 558. The molecule has 0 spiro atoms. The van der Waals surface area contributed by atoms with Gasteiger partial charge in [-0.2, -0.15) is 4.98 Å². The highest BCUT2D eigenvalue weighted by molar-refractivity contribution is 5.08. The molecule has 2 N–H and O–H groups in total. The van der Waals surface area contributed by atoms with Gasteiger partial charge in [-0.3, -0.25) is 4.57 Å². The van der Waals surface area contributed by atoms with Crippen molar-refractivity contribution < 1.29 is 4.42 Å². The van der Waals surface area contributed by atoms with Gasteiger partial charge in [-0.1, -0.05) is 0 Å². The Morgan fingerprint density at radius 3 is 2.88 bits per heavy atom. The second-order valence-electron chi connectivity index (χ2n) is 4.05. The molecular formula is C12H15N3O2. The number of furan rings is 1. The van der Waals surface area contributed by atoms with Crippen LogP contribution < -0.4 is 11.4 Å². The van der Waals surface area contributed by atoms with Crippen molar-refractivity contribution in [2.24, 2.45) is 5.73 Å². The fourth-order valence-electron chi connectivity index (χ4n) is 1.79. The summed E-state index contributed by atoms with van der Waals surface area (Å²) in [7, 11) is 0. The highest BCUT2D eigenvalue weighted by Crippen LogP contribution is 2.12. The first kappa shape index (κ1) is 11.6. The average Bonchev–Trinajstić information content (AvgIpc) is 2.76. The van der Waals surface area contributed by atoms with Gasteiger partial charge in [0.15, 0.2) is 0 Å². The average molecular weight is 233 g/mol. The van der Waals surface area contributed by atoms with Crippen LogP contribution in [0.4, 0.5) is 0 Å². The summed E-state index contributed by atoms with van der Waals surface area (Å²) in [6, 6.07) is 5.09. The number of nitrogens with zero attached hydrogens (tertiary/aromatic N) is 2. The molecule has 1 atom stereocenters. The molecule has 0 bridgehead atoms. The fraction of sp³-hybridized carbons (Fsp3) is 0.333. The van der Waals surface area contributed by atoms with Gasteiger partial charge < -0.3 is 10.2 Å². The lowest BCUT2D eigenvalue weighted by atomic mass is 10.2. The number of aryl methyl sites for hydroxylation is 2. The Labute approximate surface area is 98.9 Å². The van der Waals surface area contributed by atoms with Crippen molar-refractivity contribution in [1.82, 2.24) is 9.55 Å². The van der Waals surface area contributed by atoms with Crippen molar-refractivity contribution in [3.05, 3.63) is 52.1 Å². The van der Waals surface area contributed by atoms with E-state index in [1.807, 2.05) is 13.0 Å². The summed E-state index contributed by atoms with van der Waals surface area (Å²) in [6.45, 7) is 4.03. The summed E-state index contributed by atoms with van der Waals surface area (Å²) in [5.74, 6) is 0.664. The minimum Gasteiger partial charge on any atom is -0.468 e. The molecule has 0 saturated heterocycles. The van der Waals surface area contributed by atoms with Crippen molar-refractivity contribution in [3.8, 4) is 0 Å². The zero-order valence-corrected chi connectivity index (χ0v) is 9.88. The number of aromatic nitrogens is 2. The number of nitrogens with two attached hydrogens (primary N) is 1. The molecule has 0 fully saturated rings. The van der Waals surface area contributed by atoms with Gasteiger partial charge in [-0.15, -0.1) is 0 Å². The molecule has 0 aliphatic carbocycles. The zero-order valence-electron chi connectivity index (χ0n) is 9.88. The largest absolute Gasteiger partial charge is 0.468 e. The van der Waals surface area contributed by atoms with Gasteiger partial charge in [-0.25, -0.2) is 4.79 Å². The molecule has 0 radical (unpaired) electrons. The maximum Gasteiger partial charge on any atom is 0.348 e. The molecule has 2 heterocycles. The zero-order chi connectivity index (χ0) is 12.4. The molecule has 5 heteroatoms. The third-order valence-electron chi connectivity index (χ3n) is 2.63. The monoisotopic (exact) mass is 233 g/mol. The third kappa shape index (κ3) is 2.45.